The van der Waals surface area contributed by atoms with Crippen LogP contribution in [0.5, 0.6) is 0 Å². The topological polar surface area (TPSA) is 152 Å². The first kappa shape index (κ1) is 41.0. The summed E-state index contributed by atoms with van der Waals surface area (Å²) in [7, 11) is 0. The van der Waals surface area contributed by atoms with Gasteiger partial charge in [-0.2, -0.15) is 0 Å². The zero-order valence-electron chi connectivity index (χ0n) is 34.1. The van der Waals surface area contributed by atoms with E-state index in [-0.39, 0.29) is 36.6 Å². The molecule has 0 aromatic heterocycles. The second-order valence-corrected chi connectivity index (χ2v) is 18.9. The van der Waals surface area contributed by atoms with Gasteiger partial charge in [0.25, 0.3) is 0 Å². The molecule has 0 aliphatic carbocycles. The lowest BCUT2D eigenvalue weighted by Crippen LogP contribution is -2.62. The summed E-state index contributed by atoms with van der Waals surface area (Å²) < 4.78 is 52.5. The van der Waals surface area contributed by atoms with Gasteiger partial charge in [-0.05, 0) is 95.1 Å². The highest BCUT2D eigenvalue weighted by molar-refractivity contribution is 5.79. The van der Waals surface area contributed by atoms with Gasteiger partial charge in [0.2, 0.25) is 5.79 Å². The second kappa shape index (κ2) is 15.7. The molecule has 8 aliphatic rings. The Morgan fingerprint density at radius 2 is 1.71 bits per heavy atom. The zero-order valence-corrected chi connectivity index (χ0v) is 34.1. The number of aliphatic hydroxyl groups is 3. The molecule has 6 saturated heterocycles. The van der Waals surface area contributed by atoms with Crippen LogP contribution in [-0.4, -0.2) is 112 Å². The Bertz CT molecular complexity index is 1520. The SMILES string of the molecule is C=C1[C@H]2OC(=O)[C@](C)(O)C[C@@H]3CC[C@@H](O)[C@@]4(C=C(C)C[C@H](O4)[C@H](C)/C=C\[C@H]4CC[C@@]5(CC[C@@H](O[C@@H]1[C@@H](O)C[C@H](C)[C@H]1O[C@@]6(CCCCO6)CC[C@H]1C)[C@H]2O5)O4)O3. The third-order valence-electron chi connectivity index (χ3n) is 14.2. The molecule has 0 radical (unpaired) electrons. The summed E-state index contributed by atoms with van der Waals surface area (Å²) in [5.41, 5.74) is -0.541. The molecule has 0 aromatic carbocycles. The second-order valence-electron chi connectivity index (χ2n) is 18.9. The lowest BCUT2D eigenvalue weighted by atomic mass is 9.79. The molecule has 8 rings (SSSR count). The van der Waals surface area contributed by atoms with E-state index in [2.05, 4.69) is 39.5 Å². The summed E-state index contributed by atoms with van der Waals surface area (Å²) in [6.45, 7) is 14.9. The minimum Gasteiger partial charge on any atom is -0.453 e. The van der Waals surface area contributed by atoms with Crippen LogP contribution in [0, 0.1) is 17.8 Å². The number of hydrogen-bond acceptors (Lipinski definition) is 12. The monoisotopic (exact) mass is 786 g/mol. The molecular formula is C44H66O12. The number of ether oxygens (including phenoxy) is 8. The van der Waals surface area contributed by atoms with Crippen LogP contribution in [0.15, 0.2) is 36.0 Å². The molecule has 56 heavy (non-hydrogen) atoms. The number of rotatable bonds is 4. The number of fused-ring (bicyclic) bond motifs is 3. The summed E-state index contributed by atoms with van der Waals surface area (Å²) in [6.07, 6.45) is 9.11. The molecule has 314 valence electrons. The van der Waals surface area contributed by atoms with E-state index < -0.39 is 71.7 Å². The van der Waals surface area contributed by atoms with E-state index in [1.807, 2.05) is 13.0 Å². The van der Waals surface area contributed by atoms with Gasteiger partial charge >= 0.3 is 5.97 Å². The van der Waals surface area contributed by atoms with Gasteiger partial charge in [0.1, 0.15) is 18.3 Å². The first-order chi connectivity index (χ1) is 26.6. The van der Waals surface area contributed by atoms with Gasteiger partial charge in [-0.3, -0.25) is 0 Å². The Labute approximate surface area is 332 Å². The van der Waals surface area contributed by atoms with E-state index in [9.17, 15) is 20.1 Å². The number of aliphatic hydroxyl groups excluding tert-OH is 2. The average Bonchev–Trinajstić information content (AvgIpc) is 3.55. The van der Waals surface area contributed by atoms with Crippen LogP contribution < -0.4 is 0 Å². The van der Waals surface area contributed by atoms with Crippen molar-refractivity contribution < 1.29 is 58.0 Å². The molecule has 12 nitrogen and oxygen atoms in total. The van der Waals surface area contributed by atoms with Gasteiger partial charge in [-0.1, -0.05) is 45.1 Å². The van der Waals surface area contributed by atoms with Crippen molar-refractivity contribution in [3.05, 3.63) is 36.0 Å². The van der Waals surface area contributed by atoms with E-state index >= 15 is 0 Å². The summed E-state index contributed by atoms with van der Waals surface area (Å²) in [5, 5.41) is 35.1. The van der Waals surface area contributed by atoms with Crippen LogP contribution in [0.25, 0.3) is 0 Å². The predicted octanol–water partition coefficient (Wildman–Crippen LogP) is 5.69. The van der Waals surface area contributed by atoms with Crippen molar-refractivity contribution in [3.63, 3.8) is 0 Å². The van der Waals surface area contributed by atoms with Crippen molar-refractivity contribution in [3.8, 4) is 0 Å². The molecule has 0 saturated carbocycles. The molecule has 0 aromatic rings. The Hall–Kier alpha value is -1.71. The van der Waals surface area contributed by atoms with Crippen molar-refractivity contribution in [2.24, 2.45) is 17.8 Å². The van der Waals surface area contributed by atoms with Crippen molar-refractivity contribution in [2.75, 3.05) is 6.61 Å². The third kappa shape index (κ3) is 7.98. The number of esters is 1. The fourth-order valence-corrected chi connectivity index (χ4v) is 10.9. The Morgan fingerprint density at radius 3 is 2.50 bits per heavy atom. The minimum atomic E-state index is -1.97. The van der Waals surface area contributed by atoms with Gasteiger partial charge < -0.3 is 53.2 Å². The van der Waals surface area contributed by atoms with Gasteiger partial charge in [0.15, 0.2) is 23.3 Å². The van der Waals surface area contributed by atoms with Gasteiger partial charge in [0.05, 0.1) is 43.2 Å². The molecule has 8 aliphatic heterocycles. The molecule has 17 atom stereocenters. The highest BCUT2D eigenvalue weighted by Gasteiger charge is 2.57. The fourth-order valence-electron chi connectivity index (χ4n) is 10.9. The Kier molecular flexibility index (Phi) is 11.5. The molecule has 12 heteroatoms. The van der Waals surface area contributed by atoms with Crippen LogP contribution in [0.1, 0.15) is 125 Å². The van der Waals surface area contributed by atoms with E-state index in [1.165, 1.54) is 6.92 Å². The quantitative estimate of drug-likeness (QED) is 0.237. The van der Waals surface area contributed by atoms with Crippen LogP contribution in [0.4, 0.5) is 0 Å². The first-order valence-corrected chi connectivity index (χ1v) is 21.6. The number of carbonyl (C=O) groups excluding carboxylic acids is 1. The van der Waals surface area contributed by atoms with Crippen molar-refractivity contribution in [1.82, 2.24) is 0 Å². The normalized spacial score (nSPS) is 50.2. The number of hydrogen-bond donors (Lipinski definition) is 3. The molecule has 6 bridgehead atoms. The van der Waals surface area contributed by atoms with Crippen molar-refractivity contribution in [2.45, 2.75) is 209 Å². The van der Waals surface area contributed by atoms with Crippen molar-refractivity contribution >= 4 is 5.97 Å². The smallest absolute Gasteiger partial charge is 0.338 e. The molecule has 3 N–H and O–H groups in total. The standard InChI is InChI=1S/C44H66O12/c1-25-21-34-26(2)9-10-30-14-18-43(52-30)19-15-33-39(56-43)38(51-40(47)41(6,48)24-31-11-12-35(46)44(23-25,53-31)54-34)29(5)37(50-33)32(45)22-28(4)36-27(3)13-17-42(55-36)16-7-8-20-49-42/h9-10,23,26-28,30-39,45-46,48H,5,7-8,11-22,24H2,1-4,6H3/b10-9-/t26-,27-,28+,30+,31+,32+,33-,34+,35-,36+,37+,38-,39-,41-,42+,43-,44+/m1/s1. The largest absolute Gasteiger partial charge is 0.453 e. The highest BCUT2D eigenvalue weighted by atomic mass is 16.7. The summed E-state index contributed by atoms with van der Waals surface area (Å²) >= 11 is 0. The maximum absolute atomic E-state index is 14.2. The fraction of sp³-hybridized carbons (Fsp3) is 0.841. The van der Waals surface area contributed by atoms with E-state index in [0.717, 1.165) is 44.1 Å². The maximum Gasteiger partial charge on any atom is 0.338 e. The predicted molar refractivity (Wildman–Crippen MR) is 204 cm³/mol. The Morgan fingerprint density at radius 1 is 0.929 bits per heavy atom. The maximum atomic E-state index is 14.2. The van der Waals surface area contributed by atoms with Crippen LogP contribution >= 0.6 is 0 Å². The molecule has 0 amide bonds. The van der Waals surface area contributed by atoms with Gasteiger partial charge in [-0.25, -0.2) is 4.79 Å². The van der Waals surface area contributed by atoms with E-state index in [4.69, 9.17) is 37.9 Å². The summed E-state index contributed by atoms with van der Waals surface area (Å²) in [4.78, 5) is 14.2. The van der Waals surface area contributed by atoms with Crippen molar-refractivity contribution in [1.29, 1.82) is 0 Å². The summed E-state index contributed by atoms with van der Waals surface area (Å²) in [5.74, 6) is -3.43. The van der Waals surface area contributed by atoms with Crippen LogP contribution in [0.3, 0.4) is 0 Å². The molecule has 8 heterocycles. The first-order valence-electron chi connectivity index (χ1n) is 21.6. The van der Waals surface area contributed by atoms with Gasteiger partial charge in [-0.15, -0.1) is 0 Å². The minimum absolute atomic E-state index is 0.0133. The average molecular weight is 787 g/mol. The van der Waals surface area contributed by atoms with Crippen LogP contribution in [-0.2, 0) is 42.7 Å². The van der Waals surface area contributed by atoms with Gasteiger partial charge in [0, 0.05) is 38.0 Å². The lowest BCUT2D eigenvalue weighted by molar-refractivity contribution is -0.324. The lowest BCUT2D eigenvalue weighted by Gasteiger charge is -2.51. The van der Waals surface area contributed by atoms with E-state index in [0.29, 0.717) is 63.0 Å². The highest BCUT2D eigenvalue weighted by Crippen LogP contribution is 2.48. The summed E-state index contributed by atoms with van der Waals surface area (Å²) in [6, 6.07) is 0. The van der Waals surface area contributed by atoms with E-state index in [1.54, 1.807) is 0 Å². The molecule has 6 fully saturated rings. The molecule has 3 spiro atoms. The zero-order chi connectivity index (χ0) is 39.6. The molecule has 0 unspecified atom stereocenters. The number of carbonyl (C=O) groups is 1. The van der Waals surface area contributed by atoms with Crippen LogP contribution in [0.2, 0.25) is 0 Å². The molecular weight excluding hydrogens is 720 g/mol. The third-order valence-corrected chi connectivity index (χ3v) is 14.2. The Balaban J connectivity index is 1.05.